The van der Waals surface area contributed by atoms with Gasteiger partial charge in [0.2, 0.25) is 5.95 Å². The predicted molar refractivity (Wildman–Crippen MR) is 72.1 cm³/mol. The summed E-state index contributed by atoms with van der Waals surface area (Å²) in [6, 6.07) is 1.70. The second-order valence-electron chi connectivity index (χ2n) is 4.33. The normalized spacial score (nSPS) is 19.1. The van der Waals surface area contributed by atoms with Crippen LogP contribution < -0.4 is 11.1 Å². The average molecular weight is 286 g/mol. The van der Waals surface area contributed by atoms with E-state index in [1.54, 1.807) is 11.0 Å². The predicted octanol–water partition coefficient (Wildman–Crippen LogP) is 1.35. The first-order valence-corrected chi connectivity index (χ1v) is 6.36. The number of anilines is 2. The third kappa shape index (κ3) is 3.60. The molecule has 0 aliphatic carbocycles. The summed E-state index contributed by atoms with van der Waals surface area (Å²) in [4.78, 5) is 21.0. The molecule has 0 radical (unpaired) electrons. The van der Waals surface area contributed by atoms with Crippen LogP contribution in [0.3, 0.4) is 0 Å². The Bertz CT molecular complexity index is 450. The van der Waals surface area contributed by atoms with Crippen molar-refractivity contribution < 1.29 is 9.53 Å². The highest BCUT2D eigenvalue weighted by Crippen LogP contribution is 2.18. The Morgan fingerprint density at radius 2 is 2.42 bits per heavy atom. The van der Waals surface area contributed by atoms with Crippen molar-refractivity contribution in [2.75, 3.05) is 31.2 Å². The number of amides is 1. The Hall–Kier alpha value is -1.76. The second kappa shape index (κ2) is 5.92. The van der Waals surface area contributed by atoms with Gasteiger partial charge in [0.25, 0.3) is 0 Å². The molecule has 0 saturated carbocycles. The van der Waals surface area contributed by atoms with Gasteiger partial charge in [-0.25, -0.2) is 9.78 Å². The molecule has 1 fully saturated rings. The second-order valence-corrected chi connectivity index (χ2v) is 4.72. The Morgan fingerprint density at radius 3 is 3.11 bits per heavy atom. The molecule has 1 aliphatic heterocycles. The summed E-state index contributed by atoms with van der Waals surface area (Å²) in [5.74, 6) is 0.685. The molecule has 0 spiro atoms. The smallest absolute Gasteiger partial charge is 0.409 e. The van der Waals surface area contributed by atoms with Gasteiger partial charge >= 0.3 is 6.09 Å². The number of nitrogen functional groups attached to an aromatic ring is 1. The van der Waals surface area contributed by atoms with Gasteiger partial charge in [-0.2, -0.15) is 4.98 Å². The highest BCUT2D eigenvalue weighted by atomic mass is 35.5. The number of ether oxygens (including phenoxy) is 1. The van der Waals surface area contributed by atoms with E-state index in [0.29, 0.717) is 18.9 Å². The first-order valence-electron chi connectivity index (χ1n) is 5.98. The lowest BCUT2D eigenvalue weighted by Crippen LogP contribution is -2.45. The summed E-state index contributed by atoms with van der Waals surface area (Å²) in [7, 11) is 1.38. The van der Waals surface area contributed by atoms with Crippen LogP contribution in [-0.4, -0.2) is 47.2 Å². The molecule has 1 amide bonds. The molecule has 1 aromatic heterocycles. The van der Waals surface area contributed by atoms with Gasteiger partial charge in [-0.1, -0.05) is 11.6 Å². The van der Waals surface area contributed by atoms with Gasteiger partial charge in [-0.15, -0.1) is 0 Å². The van der Waals surface area contributed by atoms with E-state index in [1.165, 1.54) is 7.11 Å². The number of nitrogens with zero attached hydrogens (tertiary/aromatic N) is 3. The molecule has 19 heavy (non-hydrogen) atoms. The van der Waals surface area contributed by atoms with Crippen molar-refractivity contribution in [2.24, 2.45) is 0 Å². The number of carbonyl (C=O) groups is 1. The monoisotopic (exact) mass is 285 g/mol. The van der Waals surface area contributed by atoms with Crippen molar-refractivity contribution in [1.82, 2.24) is 14.9 Å². The number of likely N-dealkylation sites (tertiary alicyclic amines) is 1. The van der Waals surface area contributed by atoms with E-state index < -0.39 is 0 Å². The highest BCUT2D eigenvalue weighted by Gasteiger charge is 2.24. The molecular weight excluding hydrogens is 270 g/mol. The third-order valence-electron chi connectivity index (χ3n) is 2.92. The Morgan fingerprint density at radius 1 is 1.63 bits per heavy atom. The molecular formula is C11H16ClN5O2. The fourth-order valence-electron chi connectivity index (χ4n) is 2.11. The minimum Gasteiger partial charge on any atom is -0.453 e. The van der Waals surface area contributed by atoms with E-state index in [-0.39, 0.29) is 23.2 Å². The molecule has 0 bridgehead atoms. The van der Waals surface area contributed by atoms with Crippen LogP contribution in [0.1, 0.15) is 12.8 Å². The molecule has 1 aliphatic rings. The lowest BCUT2D eigenvalue weighted by atomic mass is 10.1. The van der Waals surface area contributed by atoms with Crippen LogP contribution in [0.25, 0.3) is 0 Å². The molecule has 1 aromatic rings. The van der Waals surface area contributed by atoms with Crippen LogP contribution in [0.5, 0.6) is 0 Å². The van der Waals surface area contributed by atoms with Crippen molar-refractivity contribution in [1.29, 1.82) is 0 Å². The number of hydrogen-bond acceptors (Lipinski definition) is 6. The standard InChI is InChI=1S/C11H16ClN5O2/c1-19-11(18)17-4-2-3-7(6-17)14-9-5-8(12)15-10(13)16-9/h5,7H,2-4,6H2,1H3,(H3,13,14,15,16). The molecule has 1 atom stereocenters. The molecule has 1 unspecified atom stereocenters. The number of nitrogens with two attached hydrogens (primary N) is 1. The first-order chi connectivity index (χ1) is 9.08. The number of halogens is 1. The zero-order valence-electron chi connectivity index (χ0n) is 10.6. The van der Waals surface area contributed by atoms with E-state index in [0.717, 1.165) is 12.8 Å². The van der Waals surface area contributed by atoms with Crippen LogP contribution >= 0.6 is 11.6 Å². The quantitative estimate of drug-likeness (QED) is 0.797. The largest absolute Gasteiger partial charge is 0.453 e. The number of piperidine rings is 1. The molecule has 3 N–H and O–H groups in total. The van der Waals surface area contributed by atoms with Crippen molar-refractivity contribution >= 4 is 29.5 Å². The maximum Gasteiger partial charge on any atom is 0.409 e. The molecule has 8 heteroatoms. The average Bonchev–Trinajstić information content (AvgIpc) is 2.37. The Balaban J connectivity index is 2.00. The number of hydrogen-bond donors (Lipinski definition) is 2. The van der Waals surface area contributed by atoms with E-state index in [9.17, 15) is 4.79 Å². The van der Waals surface area contributed by atoms with Gasteiger partial charge in [0.15, 0.2) is 0 Å². The molecule has 2 heterocycles. The molecule has 0 aromatic carbocycles. The van der Waals surface area contributed by atoms with Crippen molar-refractivity contribution in [3.63, 3.8) is 0 Å². The summed E-state index contributed by atoms with van der Waals surface area (Å²) in [6.45, 7) is 1.27. The van der Waals surface area contributed by atoms with E-state index in [4.69, 9.17) is 22.1 Å². The molecule has 7 nitrogen and oxygen atoms in total. The maximum absolute atomic E-state index is 11.5. The van der Waals surface area contributed by atoms with E-state index in [2.05, 4.69) is 15.3 Å². The lowest BCUT2D eigenvalue weighted by molar-refractivity contribution is 0.113. The minimum atomic E-state index is -0.313. The fourth-order valence-corrected chi connectivity index (χ4v) is 2.30. The third-order valence-corrected chi connectivity index (χ3v) is 3.11. The van der Waals surface area contributed by atoms with E-state index in [1.807, 2.05) is 0 Å². The van der Waals surface area contributed by atoms with Gasteiger partial charge in [0, 0.05) is 25.2 Å². The van der Waals surface area contributed by atoms with Gasteiger partial charge in [0.05, 0.1) is 7.11 Å². The van der Waals surface area contributed by atoms with Crippen molar-refractivity contribution in [3.05, 3.63) is 11.2 Å². The van der Waals surface area contributed by atoms with Crippen LogP contribution in [0.2, 0.25) is 5.15 Å². The van der Waals surface area contributed by atoms with Gasteiger partial charge in [-0.05, 0) is 12.8 Å². The van der Waals surface area contributed by atoms with E-state index >= 15 is 0 Å². The first kappa shape index (κ1) is 13.7. The zero-order chi connectivity index (χ0) is 13.8. The SMILES string of the molecule is COC(=O)N1CCCC(Nc2cc(Cl)nc(N)n2)C1. The Kier molecular flexibility index (Phi) is 4.26. The summed E-state index contributed by atoms with van der Waals surface area (Å²) < 4.78 is 4.72. The summed E-state index contributed by atoms with van der Waals surface area (Å²) >= 11 is 5.81. The molecule has 1 saturated heterocycles. The van der Waals surface area contributed by atoms with Crippen LogP contribution in [-0.2, 0) is 4.74 Å². The van der Waals surface area contributed by atoms with Crippen molar-refractivity contribution in [2.45, 2.75) is 18.9 Å². The summed E-state index contributed by atoms with van der Waals surface area (Å²) in [6.07, 6.45) is 1.53. The number of methoxy groups -OCH3 is 1. The minimum absolute atomic E-state index is 0.0956. The zero-order valence-corrected chi connectivity index (χ0v) is 11.4. The lowest BCUT2D eigenvalue weighted by Gasteiger charge is -2.32. The number of aromatic nitrogens is 2. The number of carbonyl (C=O) groups excluding carboxylic acids is 1. The number of rotatable bonds is 2. The maximum atomic E-state index is 11.5. The van der Waals surface area contributed by atoms with Crippen LogP contribution in [0.4, 0.5) is 16.6 Å². The highest BCUT2D eigenvalue weighted by molar-refractivity contribution is 6.29. The molecule has 104 valence electrons. The van der Waals surface area contributed by atoms with Gasteiger partial charge in [0.1, 0.15) is 11.0 Å². The molecule has 2 rings (SSSR count). The van der Waals surface area contributed by atoms with Gasteiger partial charge in [-0.3, -0.25) is 0 Å². The number of nitrogens with one attached hydrogen (secondary N) is 1. The van der Waals surface area contributed by atoms with Crippen molar-refractivity contribution in [3.8, 4) is 0 Å². The Labute approximate surface area is 116 Å². The van der Waals surface area contributed by atoms with Crippen LogP contribution in [0, 0.1) is 0 Å². The fraction of sp³-hybridized carbons (Fsp3) is 0.545. The van der Waals surface area contributed by atoms with Gasteiger partial charge < -0.3 is 20.7 Å². The topological polar surface area (TPSA) is 93.4 Å². The summed E-state index contributed by atoms with van der Waals surface area (Å²) in [5.41, 5.74) is 5.53. The summed E-state index contributed by atoms with van der Waals surface area (Å²) in [5, 5.41) is 3.49. The van der Waals surface area contributed by atoms with Crippen LogP contribution in [0.15, 0.2) is 6.07 Å².